The van der Waals surface area contributed by atoms with E-state index in [4.69, 9.17) is 9.84 Å². The van der Waals surface area contributed by atoms with E-state index in [9.17, 15) is 9.59 Å². The molecule has 3 aromatic rings. The van der Waals surface area contributed by atoms with Crippen molar-refractivity contribution in [3.8, 4) is 16.9 Å². The molecule has 1 aliphatic rings. The number of hydrogen-bond acceptors (Lipinski definition) is 5. The molecule has 168 valence electrons. The molecule has 6 nitrogen and oxygen atoms in total. The lowest BCUT2D eigenvalue weighted by Crippen LogP contribution is -2.46. The van der Waals surface area contributed by atoms with Crippen LogP contribution in [0.4, 0.5) is 0 Å². The van der Waals surface area contributed by atoms with E-state index in [0.717, 1.165) is 29.3 Å². The molecule has 0 saturated carbocycles. The van der Waals surface area contributed by atoms with Crippen molar-refractivity contribution in [3.63, 3.8) is 0 Å². The third-order valence-corrected chi connectivity index (χ3v) is 7.13. The van der Waals surface area contributed by atoms with Crippen LogP contribution in [0, 0.1) is 19.8 Å². The zero-order valence-corrected chi connectivity index (χ0v) is 19.4. The summed E-state index contributed by atoms with van der Waals surface area (Å²) >= 11 is 1.75. The smallest absolute Gasteiger partial charge is 0.303 e. The van der Waals surface area contributed by atoms with Gasteiger partial charge in [-0.2, -0.15) is 0 Å². The molecule has 2 atom stereocenters. The first-order chi connectivity index (χ1) is 15.3. The molecule has 3 heterocycles. The van der Waals surface area contributed by atoms with Crippen LogP contribution in [0.2, 0.25) is 0 Å². The SMILES string of the molecule is Cc1csc(C)c1-c1ccnc2cc(O[C@H](C)C(=O)N3CCC[C@H](CC(=O)O)C3)ccc12. The van der Waals surface area contributed by atoms with Gasteiger partial charge in [-0.15, -0.1) is 11.3 Å². The summed E-state index contributed by atoms with van der Waals surface area (Å²) in [5, 5.41) is 12.3. The molecule has 0 unspecified atom stereocenters. The molecule has 0 aliphatic carbocycles. The second-order valence-electron chi connectivity index (χ2n) is 8.54. The van der Waals surface area contributed by atoms with Gasteiger partial charge >= 0.3 is 5.97 Å². The molecule has 1 fully saturated rings. The number of aromatic nitrogens is 1. The Labute approximate surface area is 191 Å². The Morgan fingerprint density at radius 3 is 2.84 bits per heavy atom. The molecule has 0 bridgehead atoms. The molecule has 32 heavy (non-hydrogen) atoms. The summed E-state index contributed by atoms with van der Waals surface area (Å²) in [6.07, 6.45) is 2.91. The Morgan fingerprint density at radius 1 is 1.31 bits per heavy atom. The van der Waals surface area contributed by atoms with Crippen LogP contribution in [0.15, 0.2) is 35.8 Å². The number of carbonyl (C=O) groups is 2. The fourth-order valence-corrected chi connectivity index (χ4v) is 5.44. The maximum absolute atomic E-state index is 12.9. The summed E-state index contributed by atoms with van der Waals surface area (Å²) < 4.78 is 5.99. The van der Waals surface area contributed by atoms with Gasteiger partial charge in [-0.25, -0.2) is 0 Å². The van der Waals surface area contributed by atoms with E-state index in [-0.39, 0.29) is 18.2 Å². The summed E-state index contributed by atoms with van der Waals surface area (Å²) in [7, 11) is 0. The van der Waals surface area contributed by atoms with Crippen LogP contribution in [-0.4, -0.2) is 46.1 Å². The van der Waals surface area contributed by atoms with Gasteiger partial charge in [0.1, 0.15) is 5.75 Å². The lowest BCUT2D eigenvalue weighted by Gasteiger charge is -2.33. The van der Waals surface area contributed by atoms with Crippen molar-refractivity contribution >= 4 is 34.1 Å². The van der Waals surface area contributed by atoms with Gasteiger partial charge in [-0.05, 0) is 79.8 Å². The highest BCUT2D eigenvalue weighted by molar-refractivity contribution is 7.10. The van der Waals surface area contributed by atoms with E-state index >= 15 is 0 Å². The van der Waals surface area contributed by atoms with Crippen LogP contribution >= 0.6 is 11.3 Å². The van der Waals surface area contributed by atoms with Crippen molar-refractivity contribution in [1.82, 2.24) is 9.88 Å². The van der Waals surface area contributed by atoms with Crippen molar-refractivity contribution in [2.24, 2.45) is 5.92 Å². The van der Waals surface area contributed by atoms with Crippen molar-refractivity contribution in [3.05, 3.63) is 46.3 Å². The van der Waals surface area contributed by atoms with Crippen LogP contribution in [0.3, 0.4) is 0 Å². The van der Waals surface area contributed by atoms with E-state index in [1.54, 1.807) is 23.2 Å². The largest absolute Gasteiger partial charge is 0.481 e. The van der Waals surface area contributed by atoms with Crippen LogP contribution < -0.4 is 4.74 Å². The third-order valence-electron chi connectivity index (χ3n) is 6.10. The van der Waals surface area contributed by atoms with E-state index in [2.05, 4.69) is 24.2 Å². The van der Waals surface area contributed by atoms with Gasteiger partial charge < -0.3 is 14.7 Å². The first kappa shape index (κ1) is 22.3. The lowest BCUT2D eigenvalue weighted by molar-refractivity contribution is -0.143. The van der Waals surface area contributed by atoms with E-state index in [1.807, 2.05) is 30.5 Å². The molecular formula is C25H28N2O4S. The molecule has 0 radical (unpaired) electrons. The number of piperidine rings is 1. The number of thiophene rings is 1. The molecule has 1 amide bonds. The second-order valence-corrected chi connectivity index (χ2v) is 9.62. The minimum Gasteiger partial charge on any atom is -0.481 e. The topological polar surface area (TPSA) is 79.7 Å². The quantitative estimate of drug-likeness (QED) is 0.565. The molecule has 1 aromatic carbocycles. The number of benzene rings is 1. The Kier molecular flexibility index (Phi) is 6.46. The number of fused-ring (bicyclic) bond motifs is 1. The van der Waals surface area contributed by atoms with Crippen LogP contribution in [0.25, 0.3) is 22.0 Å². The first-order valence-electron chi connectivity index (χ1n) is 10.9. The van der Waals surface area contributed by atoms with Gasteiger partial charge in [0.15, 0.2) is 6.10 Å². The maximum atomic E-state index is 12.9. The number of carboxylic acids is 1. The highest BCUT2D eigenvalue weighted by Gasteiger charge is 2.29. The number of likely N-dealkylation sites (tertiary alicyclic amines) is 1. The van der Waals surface area contributed by atoms with Gasteiger partial charge in [0, 0.05) is 42.0 Å². The molecule has 1 N–H and O–H groups in total. The maximum Gasteiger partial charge on any atom is 0.303 e. The second kappa shape index (κ2) is 9.28. The fourth-order valence-electron chi connectivity index (χ4n) is 4.58. The highest BCUT2D eigenvalue weighted by atomic mass is 32.1. The zero-order chi connectivity index (χ0) is 22.8. The predicted molar refractivity (Wildman–Crippen MR) is 126 cm³/mol. The Morgan fingerprint density at radius 2 is 2.12 bits per heavy atom. The average molecular weight is 453 g/mol. The fraction of sp³-hybridized carbons (Fsp3) is 0.400. The first-order valence-corrected chi connectivity index (χ1v) is 11.8. The number of pyridine rings is 1. The minimum absolute atomic E-state index is 0.00436. The Hall–Kier alpha value is -2.93. The van der Waals surface area contributed by atoms with Gasteiger partial charge in [-0.1, -0.05) is 0 Å². The van der Waals surface area contributed by atoms with Crippen molar-refractivity contribution in [2.75, 3.05) is 13.1 Å². The number of nitrogens with zero attached hydrogens (tertiary/aromatic N) is 2. The molecule has 7 heteroatoms. The number of aliphatic carboxylic acids is 1. The highest BCUT2D eigenvalue weighted by Crippen LogP contribution is 2.36. The summed E-state index contributed by atoms with van der Waals surface area (Å²) in [6.45, 7) is 7.11. The average Bonchev–Trinajstić information content (AvgIpc) is 3.10. The van der Waals surface area contributed by atoms with E-state index < -0.39 is 12.1 Å². The number of carbonyl (C=O) groups excluding carboxylic acids is 1. The van der Waals surface area contributed by atoms with E-state index in [0.29, 0.717) is 18.8 Å². The monoisotopic (exact) mass is 452 g/mol. The number of aryl methyl sites for hydroxylation is 2. The third kappa shape index (κ3) is 4.63. The molecular weight excluding hydrogens is 424 g/mol. The normalized spacial score (nSPS) is 17.3. The van der Waals surface area contributed by atoms with Crippen LogP contribution in [0.1, 0.15) is 36.6 Å². The molecule has 4 rings (SSSR count). The molecule has 0 spiro atoms. The van der Waals surface area contributed by atoms with Gasteiger partial charge in [0.2, 0.25) is 0 Å². The van der Waals surface area contributed by atoms with Gasteiger partial charge in [-0.3, -0.25) is 14.6 Å². The predicted octanol–water partition coefficient (Wildman–Crippen LogP) is 5.06. The standard InChI is InChI=1S/C25H28N2O4S/c1-15-14-32-17(3)24(15)21-8-9-26-22-12-19(6-7-20(21)22)31-16(2)25(30)27-10-4-5-18(13-27)11-23(28)29/h6-9,12,14,16,18H,4-5,10-11,13H2,1-3H3,(H,28,29)/t16-,18-/m1/s1. The number of carboxylic acid groups (broad SMARTS) is 1. The van der Waals surface area contributed by atoms with Crippen molar-refractivity contribution in [2.45, 2.75) is 46.1 Å². The van der Waals surface area contributed by atoms with Crippen molar-refractivity contribution < 1.29 is 19.4 Å². The minimum atomic E-state index is -0.815. The molecule has 2 aromatic heterocycles. The molecule has 1 saturated heterocycles. The number of hydrogen-bond donors (Lipinski definition) is 1. The molecule has 1 aliphatic heterocycles. The summed E-state index contributed by atoms with van der Waals surface area (Å²) in [4.78, 5) is 31.5. The number of rotatable bonds is 6. The van der Waals surface area contributed by atoms with E-state index in [1.165, 1.54) is 16.0 Å². The summed E-state index contributed by atoms with van der Waals surface area (Å²) in [6, 6.07) is 7.81. The summed E-state index contributed by atoms with van der Waals surface area (Å²) in [5.74, 6) is -0.318. The van der Waals surface area contributed by atoms with Gasteiger partial charge in [0.05, 0.1) is 5.52 Å². The summed E-state index contributed by atoms with van der Waals surface area (Å²) in [5.41, 5.74) is 4.48. The zero-order valence-electron chi connectivity index (χ0n) is 18.6. The number of ether oxygens (including phenoxy) is 1. The Bertz CT molecular complexity index is 1140. The number of amides is 1. The van der Waals surface area contributed by atoms with Gasteiger partial charge in [0.25, 0.3) is 5.91 Å². The van der Waals surface area contributed by atoms with Crippen LogP contribution in [-0.2, 0) is 9.59 Å². The lowest BCUT2D eigenvalue weighted by atomic mass is 9.94. The van der Waals surface area contributed by atoms with Crippen LogP contribution in [0.5, 0.6) is 5.75 Å². The Balaban J connectivity index is 1.51. The van der Waals surface area contributed by atoms with Crippen molar-refractivity contribution in [1.29, 1.82) is 0 Å².